The van der Waals surface area contributed by atoms with Gasteiger partial charge < -0.3 is 15.2 Å². The van der Waals surface area contributed by atoms with Gasteiger partial charge in [-0.05, 0) is 62.2 Å². The van der Waals surface area contributed by atoms with Gasteiger partial charge in [-0.15, -0.1) is 0 Å². The second-order valence-electron chi connectivity index (χ2n) is 6.42. The van der Waals surface area contributed by atoms with Crippen LogP contribution in [0.2, 0.25) is 0 Å². The van der Waals surface area contributed by atoms with Crippen LogP contribution in [0.5, 0.6) is 0 Å². The third-order valence-electron chi connectivity index (χ3n) is 3.15. The second kappa shape index (κ2) is 9.85. The van der Waals surface area contributed by atoms with Crippen molar-refractivity contribution in [1.82, 2.24) is 5.32 Å². The quantitative estimate of drug-likeness (QED) is 0.824. The van der Waals surface area contributed by atoms with Crippen molar-refractivity contribution in [3.63, 3.8) is 0 Å². The Morgan fingerprint density at radius 1 is 1.04 bits per heavy atom. The third-order valence-corrected chi connectivity index (χ3v) is 3.15. The van der Waals surface area contributed by atoms with Crippen molar-refractivity contribution in [2.45, 2.75) is 39.5 Å². The summed E-state index contributed by atoms with van der Waals surface area (Å²) < 4.78 is 4.55. The molecule has 0 aliphatic heterocycles. The Labute approximate surface area is 144 Å². The van der Waals surface area contributed by atoms with E-state index >= 15 is 0 Å². The highest BCUT2D eigenvalue weighted by atomic mass is 16.5. The van der Waals surface area contributed by atoms with Crippen LogP contribution < -0.4 is 5.32 Å². The zero-order valence-corrected chi connectivity index (χ0v) is 14.9. The van der Waals surface area contributed by atoms with Crippen molar-refractivity contribution in [3.05, 3.63) is 59.7 Å². The lowest BCUT2D eigenvalue weighted by Gasteiger charge is -2.14. The van der Waals surface area contributed by atoms with Crippen LogP contribution in [0.4, 0.5) is 0 Å². The number of aliphatic hydroxyl groups is 1. The Morgan fingerprint density at radius 2 is 1.58 bits per heavy atom. The van der Waals surface area contributed by atoms with Gasteiger partial charge in [-0.3, -0.25) is 4.79 Å². The Bertz CT molecular complexity index is 633. The minimum Gasteiger partial charge on any atom is -0.462 e. The molecule has 0 atom stereocenters. The molecule has 2 rings (SSSR count). The number of hydrogen-bond donors (Lipinski definition) is 2. The molecule has 0 amide bonds. The maximum Gasteiger partial charge on any atom is 0.293 e. The third kappa shape index (κ3) is 7.40. The van der Waals surface area contributed by atoms with Crippen molar-refractivity contribution in [2.24, 2.45) is 0 Å². The summed E-state index contributed by atoms with van der Waals surface area (Å²) in [6.45, 7) is 6.88. The fourth-order valence-corrected chi connectivity index (χ4v) is 2.06. The highest BCUT2D eigenvalue weighted by molar-refractivity contribution is 5.64. The van der Waals surface area contributed by atoms with Crippen molar-refractivity contribution in [1.29, 1.82) is 0 Å². The fraction of sp³-hybridized carbons (Fsp3) is 0.350. The Kier molecular flexibility index (Phi) is 8.16. The van der Waals surface area contributed by atoms with E-state index in [0.717, 1.165) is 17.7 Å². The van der Waals surface area contributed by atoms with Crippen LogP contribution in [0.3, 0.4) is 0 Å². The van der Waals surface area contributed by atoms with Gasteiger partial charge in [-0.1, -0.05) is 36.4 Å². The highest BCUT2D eigenvalue weighted by Crippen LogP contribution is 2.21. The minimum absolute atomic E-state index is 0.0873. The normalized spacial score (nSPS) is 10.5. The Morgan fingerprint density at radius 3 is 2.00 bits per heavy atom. The molecule has 24 heavy (non-hydrogen) atoms. The average Bonchev–Trinajstić information content (AvgIpc) is 2.55. The lowest BCUT2D eigenvalue weighted by Crippen LogP contribution is -2.17. The molecular formula is C20H27NO3. The van der Waals surface area contributed by atoms with Gasteiger partial charge in [0.25, 0.3) is 6.47 Å². The topological polar surface area (TPSA) is 58.6 Å². The molecule has 0 fully saturated rings. The molecule has 0 spiro atoms. The lowest BCUT2D eigenvalue weighted by atomic mass is 10.0. The molecule has 0 aliphatic rings. The molecule has 0 saturated carbocycles. The maximum absolute atomic E-state index is 9.60. The number of hydrogen-bond acceptors (Lipinski definition) is 4. The first-order chi connectivity index (χ1) is 11.4. The summed E-state index contributed by atoms with van der Waals surface area (Å²) >= 11 is 0. The molecule has 130 valence electrons. The number of rotatable bonds is 5. The van der Waals surface area contributed by atoms with E-state index in [4.69, 9.17) is 5.11 Å². The Hall–Kier alpha value is -2.17. The fourth-order valence-electron chi connectivity index (χ4n) is 2.06. The van der Waals surface area contributed by atoms with E-state index in [1.807, 2.05) is 46.0 Å². The molecule has 0 unspecified atom stereocenters. The van der Waals surface area contributed by atoms with E-state index in [9.17, 15) is 4.79 Å². The highest BCUT2D eigenvalue weighted by Gasteiger charge is 2.07. The second-order valence-corrected chi connectivity index (χ2v) is 6.42. The van der Waals surface area contributed by atoms with E-state index in [1.165, 1.54) is 11.1 Å². The zero-order chi connectivity index (χ0) is 18.0. The molecule has 0 aromatic heterocycles. The van der Waals surface area contributed by atoms with Crippen molar-refractivity contribution in [3.8, 4) is 11.1 Å². The lowest BCUT2D eigenvalue weighted by molar-refractivity contribution is -0.138. The number of aliphatic hydroxyl groups excluding tert-OH is 1. The van der Waals surface area contributed by atoms with Gasteiger partial charge in [-0.25, -0.2) is 0 Å². The number of carbonyl (C=O) groups is 1. The smallest absolute Gasteiger partial charge is 0.293 e. The van der Waals surface area contributed by atoms with E-state index in [2.05, 4.69) is 40.4 Å². The van der Waals surface area contributed by atoms with E-state index in [1.54, 1.807) is 0 Å². The standard InChI is InChI=1S/C15H17NO.C5H10O2/c1-16-10-12-4-2-6-14(8-12)15-7-3-5-13(9-15)11-17;1-5(2,3)7-4-6/h2-9,16-17H,10-11H2,1H3;4H,1-3H3. The largest absolute Gasteiger partial charge is 0.462 e. The van der Waals surface area contributed by atoms with Gasteiger partial charge in [-0.2, -0.15) is 0 Å². The van der Waals surface area contributed by atoms with Gasteiger partial charge in [0, 0.05) is 6.54 Å². The van der Waals surface area contributed by atoms with E-state index in [0.29, 0.717) is 6.47 Å². The monoisotopic (exact) mass is 329 g/mol. The van der Waals surface area contributed by atoms with Crippen LogP contribution in [0, 0.1) is 0 Å². The van der Waals surface area contributed by atoms with Gasteiger partial charge in [0.2, 0.25) is 0 Å². The van der Waals surface area contributed by atoms with Crippen molar-refractivity contribution >= 4 is 6.47 Å². The summed E-state index contributed by atoms with van der Waals surface area (Å²) in [5.74, 6) is 0. The van der Waals surface area contributed by atoms with Crippen LogP contribution in [-0.2, 0) is 22.7 Å². The van der Waals surface area contributed by atoms with Crippen LogP contribution in [-0.4, -0.2) is 24.2 Å². The van der Waals surface area contributed by atoms with Crippen LogP contribution in [0.15, 0.2) is 48.5 Å². The SMILES string of the molecule is CC(C)(C)OC=O.CNCc1cccc(-c2cccc(CO)c2)c1. The predicted molar refractivity (Wildman–Crippen MR) is 97.5 cm³/mol. The molecule has 0 bridgehead atoms. The summed E-state index contributed by atoms with van der Waals surface area (Å²) in [5, 5.41) is 12.3. The first-order valence-electron chi connectivity index (χ1n) is 7.95. The molecular weight excluding hydrogens is 302 g/mol. The van der Waals surface area contributed by atoms with Gasteiger partial charge in [0.05, 0.1) is 6.61 Å². The summed E-state index contributed by atoms with van der Waals surface area (Å²) in [5.41, 5.74) is 4.23. The summed E-state index contributed by atoms with van der Waals surface area (Å²) in [4.78, 5) is 9.60. The Balaban J connectivity index is 0.000000351. The summed E-state index contributed by atoms with van der Waals surface area (Å²) in [7, 11) is 1.94. The molecule has 2 N–H and O–H groups in total. The summed E-state index contributed by atoms with van der Waals surface area (Å²) in [6.07, 6.45) is 0. The van der Waals surface area contributed by atoms with Crippen molar-refractivity contribution in [2.75, 3.05) is 7.05 Å². The van der Waals surface area contributed by atoms with E-state index in [-0.39, 0.29) is 12.2 Å². The number of ether oxygens (including phenoxy) is 1. The van der Waals surface area contributed by atoms with Gasteiger partial charge in [0.1, 0.15) is 5.60 Å². The zero-order valence-electron chi connectivity index (χ0n) is 14.9. The number of carbonyl (C=O) groups excluding carboxylic acids is 1. The van der Waals surface area contributed by atoms with E-state index < -0.39 is 0 Å². The van der Waals surface area contributed by atoms with Gasteiger partial charge >= 0.3 is 0 Å². The van der Waals surface area contributed by atoms with Crippen LogP contribution in [0.1, 0.15) is 31.9 Å². The molecule has 2 aromatic rings. The molecule has 4 nitrogen and oxygen atoms in total. The molecule has 0 aliphatic carbocycles. The predicted octanol–water partition coefficient (Wildman–Crippen LogP) is 3.52. The minimum atomic E-state index is -0.318. The molecule has 4 heteroatoms. The molecule has 0 saturated heterocycles. The number of benzene rings is 2. The summed E-state index contributed by atoms with van der Waals surface area (Å²) in [6, 6.07) is 16.4. The molecule has 0 heterocycles. The first-order valence-corrected chi connectivity index (χ1v) is 7.95. The van der Waals surface area contributed by atoms with Crippen molar-refractivity contribution < 1.29 is 14.6 Å². The molecule has 0 radical (unpaired) electrons. The van der Waals surface area contributed by atoms with Crippen LogP contribution >= 0.6 is 0 Å². The maximum atomic E-state index is 9.60. The molecule has 2 aromatic carbocycles. The number of nitrogens with one attached hydrogen (secondary N) is 1. The van der Waals surface area contributed by atoms with Gasteiger partial charge in [0.15, 0.2) is 0 Å². The average molecular weight is 329 g/mol. The first kappa shape index (κ1) is 19.9. The van der Waals surface area contributed by atoms with Crippen LogP contribution in [0.25, 0.3) is 11.1 Å².